The standard InChI is InChI=1S/C12H20N2O/c1-9(2)10(3)12(15)14-7-5-4-6-11(14)8-13/h9-11H,4-7H2,1-3H3. The fourth-order valence-electron chi connectivity index (χ4n) is 1.88. The van der Waals surface area contributed by atoms with Crippen molar-refractivity contribution in [2.45, 2.75) is 46.1 Å². The van der Waals surface area contributed by atoms with Crippen LogP contribution >= 0.6 is 0 Å². The molecule has 1 amide bonds. The molecular weight excluding hydrogens is 188 g/mol. The molecule has 2 atom stereocenters. The van der Waals surface area contributed by atoms with E-state index in [1.807, 2.05) is 20.8 Å². The lowest BCUT2D eigenvalue weighted by atomic mass is 9.94. The summed E-state index contributed by atoms with van der Waals surface area (Å²) in [7, 11) is 0. The van der Waals surface area contributed by atoms with Gasteiger partial charge in [0, 0.05) is 12.5 Å². The van der Waals surface area contributed by atoms with Crippen molar-refractivity contribution in [3.05, 3.63) is 0 Å². The molecule has 84 valence electrons. The van der Waals surface area contributed by atoms with Crippen molar-refractivity contribution in [3.63, 3.8) is 0 Å². The van der Waals surface area contributed by atoms with Crippen LogP contribution in [-0.4, -0.2) is 23.4 Å². The fourth-order valence-corrected chi connectivity index (χ4v) is 1.88. The van der Waals surface area contributed by atoms with Gasteiger partial charge in [-0.25, -0.2) is 0 Å². The summed E-state index contributed by atoms with van der Waals surface area (Å²) in [5, 5.41) is 8.99. The van der Waals surface area contributed by atoms with E-state index >= 15 is 0 Å². The second-order valence-corrected chi connectivity index (χ2v) is 4.71. The molecule has 0 bridgehead atoms. The van der Waals surface area contributed by atoms with Crippen molar-refractivity contribution in [2.75, 3.05) is 6.54 Å². The van der Waals surface area contributed by atoms with Crippen LogP contribution in [0.15, 0.2) is 0 Å². The van der Waals surface area contributed by atoms with Crippen molar-refractivity contribution >= 4 is 5.91 Å². The number of amides is 1. The molecule has 3 heteroatoms. The van der Waals surface area contributed by atoms with Crippen LogP contribution in [0.4, 0.5) is 0 Å². The van der Waals surface area contributed by atoms with Crippen molar-refractivity contribution < 1.29 is 4.79 Å². The Morgan fingerprint density at radius 2 is 2.07 bits per heavy atom. The average molecular weight is 208 g/mol. The summed E-state index contributed by atoms with van der Waals surface area (Å²) in [6, 6.07) is 2.05. The van der Waals surface area contributed by atoms with Crippen LogP contribution in [-0.2, 0) is 4.79 Å². The lowest BCUT2D eigenvalue weighted by Gasteiger charge is -2.34. The highest BCUT2D eigenvalue weighted by Gasteiger charge is 2.30. The minimum atomic E-state index is -0.188. The van der Waals surface area contributed by atoms with Gasteiger partial charge in [-0.15, -0.1) is 0 Å². The van der Waals surface area contributed by atoms with Gasteiger partial charge in [0.25, 0.3) is 0 Å². The number of carbonyl (C=O) groups is 1. The molecule has 1 fully saturated rings. The molecule has 0 radical (unpaired) electrons. The molecule has 1 aliphatic rings. The predicted octanol–water partition coefficient (Wildman–Crippen LogP) is 2.18. The van der Waals surface area contributed by atoms with Gasteiger partial charge < -0.3 is 4.90 Å². The molecule has 1 aliphatic heterocycles. The van der Waals surface area contributed by atoms with Crippen LogP contribution in [0, 0.1) is 23.2 Å². The highest BCUT2D eigenvalue weighted by Crippen LogP contribution is 2.21. The molecule has 2 unspecified atom stereocenters. The maximum absolute atomic E-state index is 12.1. The number of hydrogen-bond donors (Lipinski definition) is 0. The quantitative estimate of drug-likeness (QED) is 0.698. The first-order valence-electron chi connectivity index (χ1n) is 5.78. The smallest absolute Gasteiger partial charge is 0.226 e. The molecule has 1 rings (SSSR count). The van der Waals surface area contributed by atoms with Crippen LogP contribution < -0.4 is 0 Å². The SMILES string of the molecule is CC(C)C(C)C(=O)N1CCCCC1C#N. The molecule has 0 spiro atoms. The van der Waals surface area contributed by atoms with Gasteiger partial charge in [-0.1, -0.05) is 20.8 Å². The number of piperidine rings is 1. The zero-order valence-corrected chi connectivity index (χ0v) is 9.86. The average Bonchev–Trinajstić information content (AvgIpc) is 2.26. The van der Waals surface area contributed by atoms with E-state index in [0.29, 0.717) is 5.92 Å². The first-order chi connectivity index (χ1) is 7.07. The van der Waals surface area contributed by atoms with E-state index in [4.69, 9.17) is 5.26 Å². The Morgan fingerprint density at radius 1 is 1.40 bits per heavy atom. The summed E-state index contributed by atoms with van der Waals surface area (Å²) < 4.78 is 0. The predicted molar refractivity (Wildman–Crippen MR) is 59.0 cm³/mol. The number of likely N-dealkylation sites (tertiary alicyclic amines) is 1. The summed E-state index contributed by atoms with van der Waals surface area (Å²) in [4.78, 5) is 13.9. The zero-order valence-electron chi connectivity index (χ0n) is 9.86. The van der Waals surface area contributed by atoms with Crippen LogP contribution in [0.3, 0.4) is 0 Å². The van der Waals surface area contributed by atoms with E-state index in [2.05, 4.69) is 6.07 Å². The molecule has 0 aromatic heterocycles. The van der Waals surface area contributed by atoms with Gasteiger partial charge in [-0.2, -0.15) is 5.26 Å². The van der Waals surface area contributed by atoms with Gasteiger partial charge in [-0.3, -0.25) is 4.79 Å². The summed E-state index contributed by atoms with van der Waals surface area (Å²) in [6.45, 7) is 6.81. The number of rotatable bonds is 2. The van der Waals surface area contributed by atoms with Gasteiger partial charge in [0.05, 0.1) is 6.07 Å². The lowest BCUT2D eigenvalue weighted by Crippen LogP contribution is -2.46. The minimum Gasteiger partial charge on any atom is -0.326 e. The van der Waals surface area contributed by atoms with E-state index in [-0.39, 0.29) is 17.9 Å². The van der Waals surface area contributed by atoms with Crippen LogP contribution in [0.25, 0.3) is 0 Å². The molecular formula is C12H20N2O. The Morgan fingerprint density at radius 3 is 2.60 bits per heavy atom. The Hall–Kier alpha value is -1.04. The van der Waals surface area contributed by atoms with E-state index < -0.39 is 0 Å². The second kappa shape index (κ2) is 5.16. The molecule has 0 aliphatic carbocycles. The van der Waals surface area contributed by atoms with Crippen molar-refractivity contribution in [2.24, 2.45) is 11.8 Å². The molecule has 3 nitrogen and oxygen atoms in total. The van der Waals surface area contributed by atoms with E-state index in [0.717, 1.165) is 25.8 Å². The van der Waals surface area contributed by atoms with Gasteiger partial charge in [-0.05, 0) is 25.2 Å². The molecule has 15 heavy (non-hydrogen) atoms. The normalized spacial score (nSPS) is 23.7. The highest BCUT2D eigenvalue weighted by molar-refractivity contribution is 5.79. The molecule has 0 aromatic rings. The van der Waals surface area contributed by atoms with Crippen molar-refractivity contribution in [1.82, 2.24) is 4.90 Å². The summed E-state index contributed by atoms with van der Waals surface area (Å²) in [6.07, 6.45) is 2.94. The Balaban J connectivity index is 2.68. The monoisotopic (exact) mass is 208 g/mol. The van der Waals surface area contributed by atoms with Crippen molar-refractivity contribution in [1.29, 1.82) is 5.26 Å². The zero-order chi connectivity index (χ0) is 11.4. The lowest BCUT2D eigenvalue weighted by molar-refractivity contribution is -0.138. The first kappa shape index (κ1) is 12.0. The van der Waals surface area contributed by atoms with E-state index in [9.17, 15) is 4.79 Å². The van der Waals surface area contributed by atoms with Gasteiger partial charge in [0.15, 0.2) is 0 Å². The third-order valence-corrected chi connectivity index (χ3v) is 3.32. The Bertz CT molecular complexity index is 267. The van der Waals surface area contributed by atoms with Crippen LogP contribution in [0.1, 0.15) is 40.0 Å². The molecule has 0 N–H and O–H groups in total. The summed E-state index contributed by atoms with van der Waals surface area (Å²) in [5.74, 6) is 0.522. The van der Waals surface area contributed by atoms with Gasteiger partial charge in [0.1, 0.15) is 6.04 Å². The fraction of sp³-hybridized carbons (Fsp3) is 0.833. The van der Waals surface area contributed by atoms with E-state index in [1.165, 1.54) is 0 Å². The van der Waals surface area contributed by atoms with Crippen LogP contribution in [0.2, 0.25) is 0 Å². The molecule has 0 saturated carbocycles. The first-order valence-corrected chi connectivity index (χ1v) is 5.78. The number of nitrogens with zero attached hydrogens (tertiary/aromatic N) is 2. The largest absolute Gasteiger partial charge is 0.326 e. The number of carbonyl (C=O) groups excluding carboxylic acids is 1. The number of nitriles is 1. The topological polar surface area (TPSA) is 44.1 Å². The van der Waals surface area contributed by atoms with E-state index in [1.54, 1.807) is 4.90 Å². The summed E-state index contributed by atoms with van der Waals surface area (Å²) in [5.41, 5.74) is 0. The molecule has 1 saturated heterocycles. The van der Waals surface area contributed by atoms with Crippen molar-refractivity contribution in [3.8, 4) is 6.07 Å². The second-order valence-electron chi connectivity index (χ2n) is 4.71. The summed E-state index contributed by atoms with van der Waals surface area (Å²) >= 11 is 0. The van der Waals surface area contributed by atoms with Crippen LogP contribution in [0.5, 0.6) is 0 Å². The van der Waals surface area contributed by atoms with Gasteiger partial charge in [0.2, 0.25) is 5.91 Å². The third kappa shape index (κ3) is 2.71. The van der Waals surface area contributed by atoms with Gasteiger partial charge >= 0.3 is 0 Å². The Kier molecular flexibility index (Phi) is 4.14. The third-order valence-electron chi connectivity index (χ3n) is 3.32. The number of hydrogen-bond acceptors (Lipinski definition) is 2. The molecule has 0 aromatic carbocycles. The Labute approximate surface area is 92.1 Å². The molecule has 1 heterocycles. The maximum atomic E-state index is 12.1. The highest BCUT2D eigenvalue weighted by atomic mass is 16.2. The minimum absolute atomic E-state index is 0.0268. The maximum Gasteiger partial charge on any atom is 0.226 e.